The molecule has 0 N–H and O–H groups in total. The molecule has 0 aromatic heterocycles. The van der Waals surface area contributed by atoms with E-state index in [-0.39, 0.29) is 5.04 Å². The summed E-state index contributed by atoms with van der Waals surface area (Å²) in [5.74, 6) is 0.728. The van der Waals surface area contributed by atoms with Gasteiger partial charge < -0.3 is 0 Å². The molecule has 0 saturated heterocycles. The number of rotatable bonds is 4. The number of aryl methyl sites for hydroxylation is 2. The lowest BCUT2D eigenvalue weighted by molar-refractivity contribution is 0.699. The lowest BCUT2D eigenvalue weighted by Gasteiger charge is -2.45. The smallest absolute Gasteiger partial charge is 0.0737 e. The molecule has 0 fully saturated rings. The van der Waals surface area contributed by atoms with Gasteiger partial charge in [0.05, 0.1) is 8.07 Å². The van der Waals surface area contributed by atoms with Gasteiger partial charge in [-0.1, -0.05) is 85.1 Å². The van der Waals surface area contributed by atoms with Crippen LogP contribution in [-0.4, -0.2) is 8.07 Å². The Morgan fingerprint density at radius 1 is 0.957 bits per heavy atom. The van der Waals surface area contributed by atoms with Crippen LogP contribution < -0.4 is 5.19 Å². The highest BCUT2D eigenvalue weighted by molar-refractivity contribution is 6.94. The van der Waals surface area contributed by atoms with Crippen LogP contribution in [-0.2, 0) is 0 Å². The van der Waals surface area contributed by atoms with Crippen molar-refractivity contribution in [2.45, 2.75) is 73.0 Å². The molecule has 1 aliphatic rings. The van der Waals surface area contributed by atoms with Crippen molar-refractivity contribution in [1.29, 1.82) is 0 Å². The van der Waals surface area contributed by atoms with E-state index in [4.69, 9.17) is 0 Å². The maximum atomic E-state index is 2.62. The second-order valence-electron chi connectivity index (χ2n) is 8.59. The predicted octanol–water partition coefficient (Wildman–Crippen LogP) is 6.30. The van der Waals surface area contributed by atoms with Crippen molar-refractivity contribution in [1.82, 2.24) is 0 Å². The zero-order chi connectivity index (χ0) is 17.6. The summed E-state index contributed by atoms with van der Waals surface area (Å²) in [5.41, 5.74) is 7.41. The van der Waals surface area contributed by atoms with Crippen molar-refractivity contribution >= 4 is 13.3 Å². The molecule has 1 aliphatic carbocycles. The summed E-state index contributed by atoms with van der Waals surface area (Å²) in [6.45, 7) is 21.3. The molecule has 2 unspecified atom stereocenters. The first-order valence-electron chi connectivity index (χ1n) is 8.98. The van der Waals surface area contributed by atoms with Crippen LogP contribution in [0.25, 0.3) is 0 Å². The van der Waals surface area contributed by atoms with Crippen LogP contribution in [0.5, 0.6) is 0 Å². The Morgan fingerprint density at radius 3 is 1.87 bits per heavy atom. The largest absolute Gasteiger partial charge is 0.0979 e. The third kappa shape index (κ3) is 3.00. The summed E-state index contributed by atoms with van der Waals surface area (Å²) in [4.78, 5) is 0. The molecular weight excluding hydrogens is 292 g/mol. The molecule has 0 spiro atoms. The maximum Gasteiger partial charge on any atom is 0.0979 e. The molecule has 0 amide bonds. The van der Waals surface area contributed by atoms with Crippen molar-refractivity contribution in [3.8, 4) is 0 Å². The molecule has 2 atom stereocenters. The van der Waals surface area contributed by atoms with Crippen LogP contribution in [0.1, 0.15) is 52.7 Å². The van der Waals surface area contributed by atoms with Crippen LogP contribution in [0, 0.1) is 19.8 Å². The average molecular weight is 327 g/mol. The number of hydrogen-bond acceptors (Lipinski definition) is 0. The number of hydrogen-bond donors (Lipinski definition) is 0. The fourth-order valence-electron chi connectivity index (χ4n) is 4.65. The molecule has 1 aromatic rings. The van der Waals surface area contributed by atoms with Gasteiger partial charge in [0.25, 0.3) is 0 Å². The minimum absolute atomic E-state index is 0.228. The molecule has 0 bridgehead atoms. The minimum atomic E-state index is -1.72. The molecule has 0 saturated carbocycles. The predicted molar refractivity (Wildman–Crippen MR) is 107 cm³/mol. The van der Waals surface area contributed by atoms with Crippen LogP contribution in [0.2, 0.25) is 17.6 Å². The van der Waals surface area contributed by atoms with Crippen molar-refractivity contribution in [3.63, 3.8) is 0 Å². The molecular formula is C22H34Si. The SMILES string of the molecule is CC1=CC(C)([Si](C)(CC(C)C)c2cc(C)cc(C)c2)C(C)=C1C. The van der Waals surface area contributed by atoms with Crippen LogP contribution >= 0.6 is 0 Å². The maximum absolute atomic E-state index is 2.62. The Kier molecular flexibility index (Phi) is 4.83. The Bertz CT molecular complexity index is 657. The zero-order valence-electron chi connectivity index (χ0n) is 16.6. The summed E-state index contributed by atoms with van der Waals surface area (Å²) in [7, 11) is -1.72. The third-order valence-corrected chi connectivity index (χ3v) is 12.3. The van der Waals surface area contributed by atoms with Gasteiger partial charge in [0, 0.05) is 5.04 Å². The highest BCUT2D eigenvalue weighted by atomic mass is 28.3. The van der Waals surface area contributed by atoms with Gasteiger partial charge >= 0.3 is 0 Å². The van der Waals surface area contributed by atoms with E-state index >= 15 is 0 Å². The van der Waals surface area contributed by atoms with Crippen LogP contribution in [0.15, 0.2) is 41.0 Å². The van der Waals surface area contributed by atoms with E-state index < -0.39 is 8.07 Å². The molecule has 1 heteroatoms. The van der Waals surface area contributed by atoms with Crippen LogP contribution in [0.4, 0.5) is 0 Å². The van der Waals surface area contributed by atoms with Crippen molar-refractivity contribution in [3.05, 3.63) is 52.1 Å². The highest BCUT2D eigenvalue weighted by Gasteiger charge is 2.50. The van der Waals surface area contributed by atoms with Gasteiger partial charge in [-0.15, -0.1) is 0 Å². The van der Waals surface area contributed by atoms with E-state index in [1.807, 2.05) is 0 Å². The lowest BCUT2D eigenvalue weighted by atomic mass is 10.0. The second kappa shape index (κ2) is 6.09. The summed E-state index contributed by atoms with van der Waals surface area (Å²) >= 11 is 0. The third-order valence-electron chi connectivity index (χ3n) is 6.26. The fraction of sp³-hybridized carbons (Fsp3) is 0.545. The van der Waals surface area contributed by atoms with E-state index in [0.717, 1.165) is 5.92 Å². The van der Waals surface area contributed by atoms with Crippen molar-refractivity contribution < 1.29 is 0 Å². The van der Waals surface area contributed by atoms with Gasteiger partial charge in [-0.05, 0) is 46.1 Å². The molecule has 0 aliphatic heterocycles. The molecule has 0 radical (unpaired) electrons. The summed E-state index contributed by atoms with van der Waals surface area (Å²) < 4.78 is 0. The molecule has 126 valence electrons. The van der Waals surface area contributed by atoms with E-state index in [2.05, 4.69) is 86.2 Å². The van der Waals surface area contributed by atoms with Crippen molar-refractivity contribution in [2.75, 3.05) is 0 Å². The summed E-state index contributed by atoms with van der Waals surface area (Å²) in [5, 5.41) is 1.86. The molecule has 23 heavy (non-hydrogen) atoms. The second-order valence-corrected chi connectivity index (χ2v) is 13.3. The normalized spacial score (nSPS) is 24.2. The summed E-state index contributed by atoms with van der Waals surface area (Å²) in [6, 6.07) is 8.58. The van der Waals surface area contributed by atoms with E-state index in [1.165, 1.54) is 28.3 Å². The first-order chi connectivity index (χ1) is 10.5. The van der Waals surface area contributed by atoms with Crippen molar-refractivity contribution in [2.24, 2.45) is 5.92 Å². The first kappa shape index (κ1) is 18.3. The standard InChI is InChI=1S/C22H34Si/c1-15(2)14-23(9,21-11-16(3)10-17(4)12-21)22(8)13-18(5)19(6)20(22)7/h10-13,15H,14H2,1-9H3. The Labute approximate surface area is 144 Å². The summed E-state index contributed by atoms with van der Waals surface area (Å²) in [6.07, 6.45) is 2.59. The molecule has 2 rings (SSSR count). The van der Waals surface area contributed by atoms with Gasteiger partial charge in [0.1, 0.15) is 0 Å². The zero-order valence-corrected chi connectivity index (χ0v) is 17.6. The highest BCUT2D eigenvalue weighted by Crippen LogP contribution is 2.54. The topological polar surface area (TPSA) is 0 Å². The van der Waals surface area contributed by atoms with Gasteiger partial charge in [0.2, 0.25) is 0 Å². The molecule has 0 heterocycles. The van der Waals surface area contributed by atoms with E-state index in [0.29, 0.717) is 0 Å². The first-order valence-corrected chi connectivity index (χ1v) is 11.7. The van der Waals surface area contributed by atoms with E-state index in [9.17, 15) is 0 Å². The number of benzene rings is 1. The van der Waals surface area contributed by atoms with Gasteiger partial charge in [-0.2, -0.15) is 0 Å². The monoisotopic (exact) mass is 326 g/mol. The van der Waals surface area contributed by atoms with Gasteiger partial charge in [-0.25, -0.2) is 0 Å². The van der Waals surface area contributed by atoms with Crippen LogP contribution in [0.3, 0.4) is 0 Å². The fourth-order valence-corrected chi connectivity index (χ4v) is 10.2. The average Bonchev–Trinajstić information content (AvgIpc) is 2.62. The van der Waals surface area contributed by atoms with E-state index in [1.54, 1.807) is 10.8 Å². The van der Waals surface area contributed by atoms with Gasteiger partial charge in [-0.3, -0.25) is 0 Å². The molecule has 1 aromatic carbocycles. The Morgan fingerprint density at radius 2 is 1.48 bits per heavy atom. The molecule has 0 nitrogen and oxygen atoms in total. The lowest BCUT2D eigenvalue weighted by Crippen LogP contribution is -2.54. The quantitative estimate of drug-likeness (QED) is 0.569. The Hall–Kier alpha value is -1.08. The minimum Gasteiger partial charge on any atom is -0.0737 e. The van der Waals surface area contributed by atoms with Gasteiger partial charge in [0.15, 0.2) is 0 Å². The Balaban J connectivity index is 2.71. The number of allylic oxidation sites excluding steroid dienone is 4.